The Kier molecular flexibility index (Phi) is 18.5. The van der Waals surface area contributed by atoms with E-state index in [0.717, 1.165) is 0 Å². The van der Waals surface area contributed by atoms with Crippen LogP contribution in [0.3, 0.4) is 0 Å². The van der Waals surface area contributed by atoms with Crippen LogP contribution in [0.5, 0.6) is 0 Å². The van der Waals surface area contributed by atoms with Crippen molar-refractivity contribution in [3.8, 4) is 0 Å². The molecule has 0 aromatic heterocycles. The summed E-state index contributed by atoms with van der Waals surface area (Å²) in [6.07, 6.45) is -48.9. The molecule has 0 bridgehead atoms. The standard InChI is InChI=1S/C29H54NO27P/c30-1-2-49-58(47,48)57-10(6-34)22-15(41)16(42)24(55-28-18(44)13(39)14(40)20(52-28)7(35)3-31)29(53-22)54-23-19(45)26(46)51-21(8(36)4-32)25(23)56-27-17(43)12(38)11(37)9(5-33)50-27/h7-29,31-46H,1-6,30H2,(H,47,48)/t7-,8-,9+,10-,11+,12-,13-,14-,15-,16-,17+,18-,19-,20+,21+,22+,23+,24-,25+,26-,27-,28+,29+/m0/s1. The number of phosphoric acid groups is 1. The van der Waals surface area contributed by atoms with Crippen LogP contribution in [0.4, 0.5) is 0 Å². The molecule has 0 aromatic carbocycles. The first-order valence-corrected chi connectivity index (χ1v) is 19.3. The Balaban J connectivity index is 1.77. The molecular weight excluding hydrogens is 825 g/mol. The number of hydrogen-bond donors (Lipinski definition) is 18. The van der Waals surface area contributed by atoms with Gasteiger partial charge in [-0.05, 0) is 0 Å². The van der Waals surface area contributed by atoms with Crippen molar-refractivity contribution in [1.29, 1.82) is 0 Å². The zero-order valence-electron chi connectivity index (χ0n) is 30.2. The molecule has 4 aliphatic heterocycles. The van der Waals surface area contributed by atoms with E-state index in [2.05, 4.69) is 4.52 Å². The molecule has 58 heavy (non-hydrogen) atoms. The maximum Gasteiger partial charge on any atom is 0.472 e. The minimum atomic E-state index is -5.12. The Hall–Kier alpha value is -0.850. The molecule has 29 heteroatoms. The highest BCUT2D eigenvalue weighted by atomic mass is 31.2. The minimum absolute atomic E-state index is 0.275. The second-order valence-electron chi connectivity index (χ2n) is 13.8. The molecular formula is C29H54NO27P. The van der Waals surface area contributed by atoms with E-state index in [1.807, 2.05) is 0 Å². The Labute approximate surface area is 327 Å². The van der Waals surface area contributed by atoms with Gasteiger partial charge in [-0.15, -0.1) is 0 Å². The Bertz CT molecular complexity index is 1290. The second kappa shape index (κ2) is 21.5. The summed E-state index contributed by atoms with van der Waals surface area (Å²) in [5, 5.41) is 167. The van der Waals surface area contributed by atoms with Crippen LogP contribution in [-0.4, -0.2) is 267 Å². The summed E-state index contributed by atoms with van der Waals surface area (Å²) in [6, 6.07) is 0. The molecule has 0 aromatic rings. The number of rotatable bonds is 18. The Morgan fingerprint density at radius 2 is 1.07 bits per heavy atom. The van der Waals surface area contributed by atoms with Crippen LogP contribution < -0.4 is 5.73 Å². The zero-order chi connectivity index (χ0) is 43.4. The lowest BCUT2D eigenvalue weighted by atomic mass is 9.92. The maximum atomic E-state index is 12.6. The van der Waals surface area contributed by atoms with Crippen LogP contribution >= 0.6 is 7.82 Å². The highest BCUT2D eigenvalue weighted by Gasteiger charge is 2.58. The fourth-order valence-electron chi connectivity index (χ4n) is 6.63. The van der Waals surface area contributed by atoms with Gasteiger partial charge in [0.25, 0.3) is 0 Å². The number of nitrogens with two attached hydrogens (primary N) is 1. The maximum absolute atomic E-state index is 12.6. The number of phosphoric ester groups is 1. The van der Waals surface area contributed by atoms with Crippen LogP contribution in [-0.2, 0) is 46.8 Å². The molecule has 1 unspecified atom stereocenters. The molecule has 0 aliphatic carbocycles. The average Bonchev–Trinajstić information content (AvgIpc) is 3.20. The Morgan fingerprint density at radius 1 is 0.552 bits per heavy atom. The average molecular weight is 880 g/mol. The fourth-order valence-corrected chi connectivity index (χ4v) is 7.56. The molecule has 28 nitrogen and oxygen atoms in total. The minimum Gasteiger partial charge on any atom is -0.394 e. The summed E-state index contributed by atoms with van der Waals surface area (Å²) in [5.41, 5.74) is 5.29. The van der Waals surface area contributed by atoms with E-state index >= 15 is 0 Å². The van der Waals surface area contributed by atoms with Crippen molar-refractivity contribution in [3.63, 3.8) is 0 Å². The topological polar surface area (TPSA) is 470 Å². The summed E-state index contributed by atoms with van der Waals surface area (Å²) in [5.74, 6) is 0. The molecule has 19 N–H and O–H groups in total. The lowest BCUT2D eigenvalue weighted by Gasteiger charge is -2.51. The molecule has 342 valence electrons. The van der Waals surface area contributed by atoms with E-state index in [4.69, 9.17) is 43.4 Å². The third kappa shape index (κ3) is 11.0. The third-order valence-electron chi connectivity index (χ3n) is 9.80. The van der Waals surface area contributed by atoms with E-state index in [9.17, 15) is 91.2 Å². The molecule has 24 atom stereocenters. The zero-order valence-corrected chi connectivity index (χ0v) is 31.1. The van der Waals surface area contributed by atoms with Crippen molar-refractivity contribution in [3.05, 3.63) is 0 Å². The molecule has 4 aliphatic rings. The lowest BCUT2D eigenvalue weighted by Crippen LogP contribution is -2.69. The van der Waals surface area contributed by atoms with Crippen LogP contribution in [0.2, 0.25) is 0 Å². The van der Waals surface area contributed by atoms with E-state index in [0.29, 0.717) is 0 Å². The van der Waals surface area contributed by atoms with Crippen LogP contribution in [0.25, 0.3) is 0 Å². The number of hydrogen-bond acceptors (Lipinski definition) is 27. The normalized spacial score (nSPS) is 46.6. The molecule has 4 fully saturated rings. The van der Waals surface area contributed by atoms with Gasteiger partial charge in [0, 0.05) is 6.54 Å². The van der Waals surface area contributed by atoms with Gasteiger partial charge in [-0.2, -0.15) is 0 Å². The summed E-state index contributed by atoms with van der Waals surface area (Å²) in [4.78, 5) is 10.2. The lowest BCUT2D eigenvalue weighted by molar-refractivity contribution is -0.405. The number of ether oxygens (including phenoxy) is 7. The second-order valence-corrected chi connectivity index (χ2v) is 15.2. The highest BCUT2D eigenvalue weighted by molar-refractivity contribution is 7.47. The van der Waals surface area contributed by atoms with Gasteiger partial charge in [0.05, 0.1) is 33.0 Å². The number of aliphatic hydroxyl groups is 16. The van der Waals surface area contributed by atoms with Gasteiger partial charge in [-0.25, -0.2) is 4.57 Å². The highest BCUT2D eigenvalue weighted by Crippen LogP contribution is 2.46. The van der Waals surface area contributed by atoms with E-state index in [-0.39, 0.29) is 6.54 Å². The predicted octanol–water partition coefficient (Wildman–Crippen LogP) is -11.6. The van der Waals surface area contributed by atoms with E-state index < -0.39 is 182 Å². The molecule has 4 heterocycles. The van der Waals surface area contributed by atoms with Crippen LogP contribution in [0, 0.1) is 0 Å². The van der Waals surface area contributed by atoms with Gasteiger partial charge in [-0.3, -0.25) is 9.05 Å². The molecule has 0 saturated carbocycles. The predicted molar refractivity (Wildman–Crippen MR) is 176 cm³/mol. The summed E-state index contributed by atoms with van der Waals surface area (Å²) < 4.78 is 61.2. The van der Waals surface area contributed by atoms with E-state index in [1.54, 1.807) is 0 Å². The Morgan fingerprint density at radius 3 is 1.64 bits per heavy atom. The molecule has 0 spiro atoms. The van der Waals surface area contributed by atoms with Crippen molar-refractivity contribution < 1.29 is 133 Å². The van der Waals surface area contributed by atoms with Crippen molar-refractivity contribution >= 4 is 7.82 Å². The van der Waals surface area contributed by atoms with Crippen LogP contribution in [0.15, 0.2) is 0 Å². The van der Waals surface area contributed by atoms with Gasteiger partial charge >= 0.3 is 7.82 Å². The van der Waals surface area contributed by atoms with Crippen molar-refractivity contribution in [2.45, 2.75) is 141 Å². The monoisotopic (exact) mass is 879 g/mol. The molecule has 4 rings (SSSR count). The van der Waals surface area contributed by atoms with Crippen molar-refractivity contribution in [1.82, 2.24) is 0 Å². The largest absolute Gasteiger partial charge is 0.472 e. The summed E-state index contributed by atoms with van der Waals surface area (Å²) in [6.45, 7) is -5.21. The van der Waals surface area contributed by atoms with Gasteiger partial charge in [-0.1, -0.05) is 0 Å². The van der Waals surface area contributed by atoms with Crippen molar-refractivity contribution in [2.75, 3.05) is 39.6 Å². The molecule has 0 radical (unpaired) electrons. The first kappa shape index (κ1) is 49.8. The van der Waals surface area contributed by atoms with E-state index in [1.165, 1.54) is 0 Å². The van der Waals surface area contributed by atoms with Crippen molar-refractivity contribution in [2.24, 2.45) is 5.73 Å². The number of aliphatic hydroxyl groups excluding tert-OH is 16. The smallest absolute Gasteiger partial charge is 0.394 e. The van der Waals surface area contributed by atoms with Gasteiger partial charge in [0.1, 0.15) is 116 Å². The SMILES string of the molecule is NCCOP(=O)(O)O[C@@H](CO)[C@H]1O[C@H](O[C@@H]2[C@H](O)[C@@H](O)O[C@H]([C@@H](O)CO)[C@H]2O[C@@H]2O[C@H](CO)[C@@H](O)[C@H](O)[C@H]2O)[C@@H](O[C@H]2O[C@H]([C@@H](O)CO)[C@@H](O)[C@H](O)[C@@H]2O)[C@@H](O)[C@@H]1O. The fraction of sp³-hybridized carbons (Fsp3) is 1.00. The first-order valence-electron chi connectivity index (χ1n) is 17.8. The quantitative estimate of drug-likeness (QED) is 0.0568. The van der Waals surface area contributed by atoms with Gasteiger partial charge < -0.3 is 125 Å². The first-order chi connectivity index (χ1) is 27.3. The third-order valence-corrected chi connectivity index (χ3v) is 10.9. The van der Waals surface area contributed by atoms with Gasteiger partial charge in [0.15, 0.2) is 25.2 Å². The molecule has 4 saturated heterocycles. The summed E-state index contributed by atoms with van der Waals surface area (Å²) in [7, 11) is -5.12. The van der Waals surface area contributed by atoms with Gasteiger partial charge in [0.2, 0.25) is 0 Å². The molecule has 0 amide bonds. The van der Waals surface area contributed by atoms with Crippen LogP contribution in [0.1, 0.15) is 0 Å². The summed E-state index contributed by atoms with van der Waals surface area (Å²) >= 11 is 0.